The van der Waals surface area contributed by atoms with Crippen LogP contribution in [0.25, 0.3) is 0 Å². The van der Waals surface area contributed by atoms with Gasteiger partial charge in [-0.05, 0) is 220 Å². The molecule has 4 nitrogen and oxygen atoms in total. The van der Waals surface area contributed by atoms with Gasteiger partial charge in [0, 0.05) is 38.5 Å². The Kier molecular flexibility index (Phi) is 23.5. The van der Waals surface area contributed by atoms with Gasteiger partial charge in [0.2, 0.25) is 0 Å². The normalized spacial score (nSPS) is 35.8. The first-order chi connectivity index (χ1) is 38.5. The lowest BCUT2D eigenvalue weighted by Crippen LogP contribution is -2.51. The average molecular weight is 1100 g/mol. The molecule has 0 heterocycles. The van der Waals surface area contributed by atoms with Crippen LogP contribution in [0.2, 0.25) is 0 Å². The molecule has 6 fully saturated rings. The van der Waals surface area contributed by atoms with Gasteiger partial charge in [-0.25, -0.2) is 0 Å². The molecule has 0 spiro atoms. The van der Waals surface area contributed by atoms with Gasteiger partial charge < -0.3 is 9.47 Å². The maximum atomic E-state index is 13.0. The number of rotatable bonds is 28. The van der Waals surface area contributed by atoms with Crippen LogP contribution in [-0.4, -0.2) is 24.1 Å². The van der Waals surface area contributed by atoms with Gasteiger partial charge >= 0.3 is 11.9 Å². The van der Waals surface area contributed by atoms with E-state index in [1.54, 1.807) is 11.1 Å². The van der Waals surface area contributed by atoms with E-state index in [0.717, 1.165) is 148 Å². The van der Waals surface area contributed by atoms with Gasteiger partial charge in [0.15, 0.2) is 0 Å². The molecule has 8 aliphatic carbocycles. The summed E-state index contributed by atoms with van der Waals surface area (Å²) in [5.74, 6) is 23.1. The summed E-state index contributed by atoms with van der Waals surface area (Å²) >= 11 is 0. The van der Waals surface area contributed by atoms with E-state index in [1.807, 2.05) is 0 Å². The molecule has 2 unspecified atom stereocenters. The Bertz CT molecular complexity index is 2020. The van der Waals surface area contributed by atoms with Crippen molar-refractivity contribution in [2.75, 3.05) is 0 Å². The molecule has 0 aromatic rings. The molecule has 80 heavy (non-hydrogen) atoms. The van der Waals surface area contributed by atoms with Crippen LogP contribution >= 0.6 is 0 Å². The van der Waals surface area contributed by atoms with Gasteiger partial charge in [-0.3, -0.25) is 9.59 Å². The van der Waals surface area contributed by atoms with Crippen molar-refractivity contribution in [1.29, 1.82) is 0 Å². The minimum Gasteiger partial charge on any atom is -0.462 e. The molecule has 0 radical (unpaired) electrons. The predicted octanol–water partition coefficient (Wildman–Crippen LogP) is 21.1. The highest BCUT2D eigenvalue weighted by Gasteiger charge is 2.61. The molecular formula is C76H122O4. The molecule has 0 saturated heterocycles. The first-order valence-electron chi connectivity index (χ1n) is 35.2. The first-order valence-corrected chi connectivity index (χ1v) is 35.2. The second-order valence-corrected chi connectivity index (χ2v) is 31.1. The molecule has 8 rings (SSSR count). The van der Waals surface area contributed by atoms with Crippen LogP contribution in [0.5, 0.6) is 0 Å². The molecule has 450 valence electrons. The van der Waals surface area contributed by atoms with Crippen molar-refractivity contribution < 1.29 is 19.1 Å². The van der Waals surface area contributed by atoms with E-state index in [9.17, 15) is 9.59 Å². The minimum absolute atomic E-state index is 0.0272. The maximum absolute atomic E-state index is 13.0. The van der Waals surface area contributed by atoms with Crippen molar-refractivity contribution in [1.82, 2.24) is 0 Å². The summed E-state index contributed by atoms with van der Waals surface area (Å²) in [6.07, 6.45) is 50.7. The van der Waals surface area contributed by atoms with E-state index in [4.69, 9.17) is 9.47 Å². The van der Waals surface area contributed by atoms with E-state index >= 15 is 0 Å². The summed E-state index contributed by atoms with van der Waals surface area (Å²) in [5.41, 5.74) is 4.92. The zero-order valence-electron chi connectivity index (χ0n) is 53.7. The van der Waals surface area contributed by atoms with Crippen LogP contribution in [0.4, 0.5) is 0 Å². The fourth-order valence-corrected chi connectivity index (χ4v) is 20.6. The molecule has 16 atom stereocenters. The molecule has 0 aromatic heterocycles. The van der Waals surface area contributed by atoms with Crippen molar-refractivity contribution in [2.24, 2.45) is 92.7 Å². The monoisotopic (exact) mass is 1100 g/mol. The Morgan fingerprint density at radius 2 is 0.850 bits per heavy atom. The highest BCUT2D eigenvalue weighted by Crippen LogP contribution is 2.69. The van der Waals surface area contributed by atoms with Gasteiger partial charge in [-0.1, -0.05) is 194 Å². The van der Waals surface area contributed by atoms with Gasteiger partial charge in [-0.2, -0.15) is 0 Å². The number of ether oxygens (including phenoxy) is 2. The van der Waals surface area contributed by atoms with Crippen molar-refractivity contribution in [3.63, 3.8) is 0 Å². The summed E-state index contributed by atoms with van der Waals surface area (Å²) in [7, 11) is 0. The number of fused-ring (bicyclic) bond motifs is 10. The predicted molar refractivity (Wildman–Crippen MR) is 335 cm³/mol. The summed E-state index contributed by atoms with van der Waals surface area (Å²) in [5, 5.41) is 0. The topological polar surface area (TPSA) is 52.6 Å². The molecule has 6 saturated carbocycles. The number of unbranched alkanes of at least 4 members (excludes halogenated alkanes) is 12. The van der Waals surface area contributed by atoms with E-state index < -0.39 is 0 Å². The third kappa shape index (κ3) is 15.5. The van der Waals surface area contributed by atoms with E-state index in [-0.39, 0.29) is 24.1 Å². The molecule has 0 amide bonds. The lowest BCUT2D eigenvalue weighted by atomic mass is 9.47. The SMILES string of the molecule is CC(C)CCC[C@@H](C)[C@H]1CC[C@H]2[C@@H]3CC=C4CC(OC(=O)CCCCCCCCC#CC#CCCCCCCCCC(=O)OC5CC[C@@]6(C)C(=CC[C@H]7[C@@H]8CC[C@H]([C@H](C)CCCC(C)C)[C@@]8(C)CC[C@@H]76)C5)CC[C@]4(C)[C@H]3CC[C@]12C. The number of hydrogen-bond acceptors (Lipinski definition) is 4. The summed E-state index contributed by atoms with van der Waals surface area (Å²) in [4.78, 5) is 26.0. The van der Waals surface area contributed by atoms with Crippen molar-refractivity contribution >= 4 is 11.9 Å². The van der Waals surface area contributed by atoms with Gasteiger partial charge in [0.05, 0.1) is 0 Å². The van der Waals surface area contributed by atoms with Crippen LogP contribution in [0, 0.1) is 116 Å². The molecule has 4 heteroatoms. The second-order valence-electron chi connectivity index (χ2n) is 31.1. The largest absolute Gasteiger partial charge is 0.462 e. The van der Waals surface area contributed by atoms with Crippen molar-refractivity contribution in [3.05, 3.63) is 23.3 Å². The Balaban J connectivity index is 0.600. The zero-order chi connectivity index (χ0) is 56.9. The molecule has 8 aliphatic rings. The maximum Gasteiger partial charge on any atom is 0.306 e. The summed E-state index contributed by atoms with van der Waals surface area (Å²) < 4.78 is 12.4. The van der Waals surface area contributed by atoms with Crippen LogP contribution in [-0.2, 0) is 19.1 Å². The van der Waals surface area contributed by atoms with Crippen molar-refractivity contribution in [3.8, 4) is 23.7 Å². The van der Waals surface area contributed by atoms with Gasteiger partial charge in [0.25, 0.3) is 0 Å². The standard InChI is InChI=1S/C76H122O4/c1-55(2)31-29-33-57(5)65-41-43-67-63-39-37-59-53-61(45-49-73(59,7)69(63)47-51-75(65,67)9)79-71(77)35-27-25-23-21-19-17-15-13-11-12-14-16-18-20-22-24-26-28-36-72(78)80-62-46-50-74(8)60(54-62)38-40-64-68-44-42-66(58(6)34-30-32-56(3)4)76(68,10)52-48-70(64)74/h37-38,55-58,61-70H,15-36,39-54H2,1-10H3/t57-,58-,61?,62?,63+,64+,65-,66-,67+,68+,69+,70+,73+,74+,75-,76-/m1/s1. The summed E-state index contributed by atoms with van der Waals surface area (Å²) in [6.45, 7) is 25.3. The molecule has 0 aromatic carbocycles. The van der Waals surface area contributed by atoms with E-state index in [1.165, 1.54) is 154 Å². The average Bonchev–Trinajstić information content (AvgIpc) is 4.16. The highest BCUT2D eigenvalue weighted by molar-refractivity contribution is 5.70. The number of esters is 2. The summed E-state index contributed by atoms with van der Waals surface area (Å²) in [6, 6.07) is 0. The van der Waals surface area contributed by atoms with E-state index in [2.05, 4.69) is 105 Å². The lowest BCUT2D eigenvalue weighted by Gasteiger charge is -2.58. The minimum atomic E-state index is 0.0272. The highest BCUT2D eigenvalue weighted by atomic mass is 16.5. The smallest absolute Gasteiger partial charge is 0.306 e. The third-order valence-electron chi connectivity index (χ3n) is 25.2. The zero-order valence-corrected chi connectivity index (χ0v) is 53.7. The Morgan fingerprint density at radius 1 is 0.463 bits per heavy atom. The Morgan fingerprint density at radius 3 is 1.25 bits per heavy atom. The number of carbonyl (C=O) groups excluding carboxylic acids is 2. The van der Waals surface area contributed by atoms with Crippen LogP contribution in [0.15, 0.2) is 23.3 Å². The second kappa shape index (κ2) is 29.6. The van der Waals surface area contributed by atoms with Crippen molar-refractivity contribution in [2.45, 2.75) is 325 Å². The van der Waals surface area contributed by atoms with E-state index in [0.29, 0.717) is 34.5 Å². The molecular weight excluding hydrogens is 977 g/mol. The molecule has 0 bridgehead atoms. The first kappa shape index (κ1) is 63.6. The van der Waals surface area contributed by atoms with Crippen LogP contribution < -0.4 is 0 Å². The van der Waals surface area contributed by atoms with Crippen LogP contribution in [0.3, 0.4) is 0 Å². The Hall–Kier alpha value is -2.46. The number of allylic oxidation sites excluding steroid dienone is 2. The molecule has 0 N–H and O–H groups in total. The third-order valence-corrected chi connectivity index (χ3v) is 25.2. The lowest BCUT2D eigenvalue weighted by molar-refractivity contribution is -0.152. The Labute approximate surface area is 493 Å². The fourth-order valence-electron chi connectivity index (χ4n) is 20.6. The number of hydrogen-bond donors (Lipinski definition) is 0. The molecule has 0 aliphatic heterocycles. The van der Waals surface area contributed by atoms with Gasteiger partial charge in [-0.15, -0.1) is 0 Å². The number of carbonyl (C=O) groups is 2. The quantitative estimate of drug-likeness (QED) is 0.0339. The fraction of sp³-hybridized carbons (Fsp3) is 0.868. The van der Waals surface area contributed by atoms with Gasteiger partial charge in [0.1, 0.15) is 12.2 Å². The van der Waals surface area contributed by atoms with Crippen LogP contribution in [0.1, 0.15) is 313 Å².